The molecule has 0 unspecified atom stereocenters. The summed E-state index contributed by atoms with van der Waals surface area (Å²) in [6.45, 7) is 4.73. The van der Waals surface area contributed by atoms with Crippen molar-refractivity contribution in [3.63, 3.8) is 0 Å². The summed E-state index contributed by atoms with van der Waals surface area (Å²) < 4.78 is 54.1. The second-order valence-corrected chi connectivity index (χ2v) is 12.5. The van der Waals surface area contributed by atoms with Crippen LogP contribution in [-0.2, 0) is 6.18 Å². The Morgan fingerprint density at radius 2 is 1.40 bits per heavy atom. The van der Waals surface area contributed by atoms with Gasteiger partial charge in [-0.2, -0.15) is 18.2 Å². The van der Waals surface area contributed by atoms with Crippen molar-refractivity contribution in [2.45, 2.75) is 65.0 Å². The van der Waals surface area contributed by atoms with E-state index in [-0.39, 0.29) is 45.1 Å². The van der Waals surface area contributed by atoms with E-state index in [0.29, 0.717) is 18.8 Å². The van der Waals surface area contributed by atoms with Crippen LogP contribution in [0.4, 0.5) is 24.5 Å². The average Bonchev–Trinajstić information content (AvgIpc) is 3.16. The number of pyridine rings is 2. The summed E-state index contributed by atoms with van der Waals surface area (Å²) >= 11 is 11.5. The Morgan fingerprint density at radius 1 is 0.774 bits per heavy atom. The molecular formula is C38H41F3N6O4S2. The lowest BCUT2D eigenvalue weighted by Gasteiger charge is -2.36. The lowest BCUT2D eigenvalue weighted by atomic mass is 10.1. The molecule has 15 heteroatoms. The second-order valence-electron chi connectivity index (χ2n) is 11.8. The van der Waals surface area contributed by atoms with E-state index < -0.39 is 23.6 Å². The molecule has 10 nitrogen and oxygen atoms in total. The van der Waals surface area contributed by atoms with Crippen molar-refractivity contribution < 1.29 is 32.2 Å². The van der Waals surface area contributed by atoms with Gasteiger partial charge in [-0.1, -0.05) is 46.0 Å². The lowest BCUT2D eigenvalue weighted by Crippen LogP contribution is -2.58. The molecule has 2 amide bonds. The zero-order valence-electron chi connectivity index (χ0n) is 29.4. The number of nitrogens with one attached hydrogen (secondary N) is 2. The smallest absolute Gasteiger partial charge is 0.420 e. The highest BCUT2D eigenvalue weighted by atomic mass is 32.1. The molecule has 4 aromatic rings. The number of rotatable bonds is 15. The van der Waals surface area contributed by atoms with E-state index in [9.17, 15) is 22.8 Å². The Balaban J connectivity index is 1.73. The predicted octanol–water partition coefficient (Wildman–Crippen LogP) is 9.00. The van der Waals surface area contributed by atoms with Crippen LogP contribution in [-0.4, -0.2) is 50.2 Å². The third kappa shape index (κ3) is 11.9. The van der Waals surface area contributed by atoms with Gasteiger partial charge in [-0.25, -0.2) is 5.01 Å². The molecule has 0 radical (unpaired) electrons. The number of anilines is 2. The monoisotopic (exact) mass is 766 g/mol. The van der Waals surface area contributed by atoms with Gasteiger partial charge in [0.2, 0.25) is 5.11 Å². The quantitative estimate of drug-likeness (QED) is 0.0692. The van der Waals surface area contributed by atoms with Gasteiger partial charge in [0.05, 0.1) is 35.6 Å². The molecular weight excluding hydrogens is 726 g/mol. The van der Waals surface area contributed by atoms with Gasteiger partial charge in [0.1, 0.15) is 11.5 Å². The number of benzene rings is 2. The molecule has 0 atom stereocenters. The number of hydrogen-bond donors (Lipinski definition) is 2. The van der Waals surface area contributed by atoms with Crippen LogP contribution in [0.3, 0.4) is 0 Å². The Hall–Kier alpha value is -5.15. The number of carbonyl (C=O) groups is 2. The first-order valence-corrected chi connectivity index (χ1v) is 18.0. The number of hydrogen-bond acceptors (Lipinski definition) is 8. The van der Waals surface area contributed by atoms with Crippen LogP contribution in [0.5, 0.6) is 11.5 Å². The number of amides is 2. The minimum Gasteiger partial charge on any atom is -0.494 e. The van der Waals surface area contributed by atoms with E-state index in [1.165, 1.54) is 60.1 Å². The van der Waals surface area contributed by atoms with Crippen molar-refractivity contribution in [3.8, 4) is 11.5 Å². The summed E-state index contributed by atoms with van der Waals surface area (Å²) in [5.41, 5.74) is -0.573. The zero-order valence-corrected chi connectivity index (χ0v) is 31.0. The highest BCUT2D eigenvalue weighted by molar-refractivity contribution is 7.81. The molecule has 0 saturated carbocycles. The lowest BCUT2D eigenvalue weighted by molar-refractivity contribution is -0.138. The van der Waals surface area contributed by atoms with E-state index in [0.717, 1.165) is 49.6 Å². The summed E-state index contributed by atoms with van der Waals surface area (Å²) in [7, 11) is 0. The van der Waals surface area contributed by atoms with E-state index in [4.69, 9.17) is 33.9 Å². The first-order valence-electron chi connectivity index (χ1n) is 17.2. The fourth-order valence-electron chi connectivity index (χ4n) is 5.00. The van der Waals surface area contributed by atoms with Crippen molar-refractivity contribution in [2.24, 2.45) is 0 Å². The summed E-state index contributed by atoms with van der Waals surface area (Å²) in [4.78, 5) is 35.6. The topological polar surface area (TPSA) is 109 Å². The molecule has 0 aliphatic rings. The summed E-state index contributed by atoms with van der Waals surface area (Å²) in [6, 6.07) is 16.1. The molecule has 2 heterocycles. The molecule has 2 aromatic carbocycles. The fraction of sp³-hybridized carbons (Fsp3) is 0.316. The Bertz CT molecular complexity index is 1820. The third-order valence-corrected chi connectivity index (χ3v) is 8.27. The minimum atomic E-state index is -4.76. The number of ether oxygens (including phenoxy) is 2. The van der Waals surface area contributed by atoms with Gasteiger partial charge in [-0.3, -0.25) is 24.9 Å². The molecule has 0 bridgehead atoms. The Kier molecular flexibility index (Phi) is 15.5. The molecule has 0 spiro atoms. The Labute approximate surface area is 317 Å². The number of hydrazine groups is 1. The molecule has 0 saturated heterocycles. The summed E-state index contributed by atoms with van der Waals surface area (Å²) in [6.07, 6.45) is 7.26. The van der Waals surface area contributed by atoms with Crippen LogP contribution >= 0.6 is 24.4 Å². The molecule has 4 rings (SSSR count). The maximum atomic E-state index is 14.3. The summed E-state index contributed by atoms with van der Waals surface area (Å²) in [5.74, 6) is -1.16. The minimum absolute atomic E-state index is 0.0712. The first kappa shape index (κ1) is 40.6. The highest BCUT2D eigenvalue weighted by Crippen LogP contribution is 2.38. The van der Waals surface area contributed by atoms with Gasteiger partial charge in [0.15, 0.2) is 5.11 Å². The predicted molar refractivity (Wildman–Crippen MR) is 206 cm³/mol. The molecule has 0 aliphatic carbocycles. The Morgan fingerprint density at radius 3 is 2.02 bits per heavy atom. The van der Waals surface area contributed by atoms with Gasteiger partial charge in [0.25, 0.3) is 11.8 Å². The number of aromatic nitrogens is 2. The fourth-order valence-corrected chi connectivity index (χ4v) is 5.56. The van der Waals surface area contributed by atoms with Crippen LogP contribution in [0.2, 0.25) is 0 Å². The standard InChI is InChI=1S/C38H41F3N6O4S2/c1-3-5-7-9-22-50-31-17-15-30(16-18-31)46(37(53)45-34(48)27-12-10-20-42-25-27)47(35(49)28-13-11-21-43-26-28)36(52)44-29-14-19-33(51-23-8-6-4-2)32(24-29)38(39,40)41/h10-21,24-26H,3-9,22-23H2,1-2H3,(H,44,52)(H,45,48,53). The van der Waals surface area contributed by atoms with Crippen molar-refractivity contribution >= 4 is 57.8 Å². The van der Waals surface area contributed by atoms with Crippen LogP contribution in [0, 0.1) is 0 Å². The van der Waals surface area contributed by atoms with E-state index in [1.54, 1.807) is 30.3 Å². The van der Waals surface area contributed by atoms with Crippen LogP contribution in [0.25, 0.3) is 0 Å². The van der Waals surface area contributed by atoms with Crippen LogP contribution < -0.4 is 25.1 Å². The third-order valence-electron chi connectivity index (χ3n) is 7.72. The van der Waals surface area contributed by atoms with Crippen molar-refractivity contribution in [3.05, 3.63) is 108 Å². The second kappa shape index (κ2) is 20.2. The molecule has 2 aromatic heterocycles. The van der Waals surface area contributed by atoms with E-state index in [2.05, 4.69) is 27.5 Å². The molecule has 0 fully saturated rings. The number of nitrogens with zero attached hydrogens (tertiary/aromatic N) is 4. The molecule has 0 aliphatic heterocycles. The average molecular weight is 767 g/mol. The molecule has 280 valence electrons. The maximum absolute atomic E-state index is 14.3. The molecule has 2 N–H and O–H groups in total. The number of unbranched alkanes of at least 4 members (excludes halogenated alkanes) is 5. The molecule has 53 heavy (non-hydrogen) atoms. The number of thiocarbonyl (C=S) groups is 2. The SMILES string of the molecule is CCCCCCOc1ccc(N(C(=S)NC(=O)c2cccnc2)N(C(=O)c2cccnc2)C(=S)Nc2ccc(OCCCCC)c(C(F)(F)F)c2)cc1. The van der Waals surface area contributed by atoms with Crippen molar-refractivity contribution in [2.75, 3.05) is 23.5 Å². The van der Waals surface area contributed by atoms with Gasteiger partial charge in [-0.15, -0.1) is 0 Å². The van der Waals surface area contributed by atoms with Crippen molar-refractivity contribution in [1.29, 1.82) is 0 Å². The zero-order chi connectivity index (χ0) is 38.2. The van der Waals surface area contributed by atoms with Crippen LogP contribution in [0.15, 0.2) is 91.5 Å². The maximum Gasteiger partial charge on any atom is 0.420 e. The van der Waals surface area contributed by atoms with Gasteiger partial charge >= 0.3 is 6.18 Å². The number of halogens is 3. The van der Waals surface area contributed by atoms with Crippen molar-refractivity contribution in [1.82, 2.24) is 20.3 Å². The van der Waals surface area contributed by atoms with E-state index in [1.807, 2.05) is 6.92 Å². The summed E-state index contributed by atoms with van der Waals surface area (Å²) in [5, 5.41) is 6.87. The number of carbonyl (C=O) groups excluding carboxylic acids is 2. The largest absolute Gasteiger partial charge is 0.494 e. The highest BCUT2D eigenvalue weighted by Gasteiger charge is 2.36. The van der Waals surface area contributed by atoms with Gasteiger partial charge in [0, 0.05) is 30.5 Å². The van der Waals surface area contributed by atoms with Crippen LogP contribution in [0.1, 0.15) is 85.1 Å². The number of alkyl halides is 3. The van der Waals surface area contributed by atoms with Gasteiger partial charge in [-0.05, 0) is 104 Å². The van der Waals surface area contributed by atoms with Gasteiger partial charge < -0.3 is 14.8 Å². The normalized spacial score (nSPS) is 11.0. The first-order chi connectivity index (χ1) is 25.5. The van der Waals surface area contributed by atoms with E-state index >= 15 is 0 Å².